The summed E-state index contributed by atoms with van der Waals surface area (Å²) in [6.45, 7) is 1.69. The third kappa shape index (κ3) is 4.00. The quantitative estimate of drug-likeness (QED) is 0.736. The zero-order valence-corrected chi connectivity index (χ0v) is 14.6. The van der Waals surface area contributed by atoms with Crippen LogP contribution in [-0.4, -0.2) is 10.2 Å². The molecule has 1 heterocycles. The first kappa shape index (κ1) is 17.5. The van der Waals surface area contributed by atoms with Crippen molar-refractivity contribution in [2.45, 2.75) is 6.92 Å². The smallest absolute Gasteiger partial charge is 0.282 e. The lowest BCUT2D eigenvalue weighted by Gasteiger charge is -2.06. The molecular formula is C20H14ClN3O2. The lowest BCUT2D eigenvalue weighted by atomic mass is 10.1. The summed E-state index contributed by atoms with van der Waals surface area (Å²) in [5.41, 5.74) is 1.55. The molecule has 128 valence electrons. The van der Waals surface area contributed by atoms with Gasteiger partial charge in [-0.15, -0.1) is 0 Å². The normalized spacial score (nSPS) is 10.7. The van der Waals surface area contributed by atoms with Crippen molar-refractivity contribution in [3.05, 3.63) is 86.3 Å². The van der Waals surface area contributed by atoms with Crippen LogP contribution in [0.15, 0.2) is 53.3 Å². The molecule has 0 aliphatic carbocycles. The number of H-pyrrole nitrogens is 1. The fourth-order valence-corrected chi connectivity index (χ4v) is 2.47. The molecule has 3 aromatic rings. The van der Waals surface area contributed by atoms with Gasteiger partial charge in [0.15, 0.2) is 0 Å². The van der Waals surface area contributed by atoms with Crippen LogP contribution in [-0.2, 0) is 0 Å². The van der Waals surface area contributed by atoms with Gasteiger partial charge in [0.2, 0.25) is 0 Å². The van der Waals surface area contributed by atoms with Crippen LogP contribution in [0.25, 0.3) is 12.2 Å². The second-order valence-electron chi connectivity index (χ2n) is 5.51. The van der Waals surface area contributed by atoms with E-state index in [9.17, 15) is 4.79 Å². The summed E-state index contributed by atoms with van der Waals surface area (Å²) in [6, 6.07) is 16.5. The molecule has 0 radical (unpaired) electrons. The van der Waals surface area contributed by atoms with Crippen molar-refractivity contribution < 1.29 is 4.74 Å². The molecule has 1 N–H and O–H groups in total. The minimum atomic E-state index is -0.486. The van der Waals surface area contributed by atoms with Crippen LogP contribution >= 0.6 is 11.6 Å². The van der Waals surface area contributed by atoms with Gasteiger partial charge in [-0.25, -0.2) is 5.10 Å². The Morgan fingerprint density at radius 3 is 2.65 bits per heavy atom. The Bertz CT molecular complexity index is 1060. The minimum Gasteiger partial charge on any atom is -0.457 e. The molecule has 2 aromatic carbocycles. The Kier molecular flexibility index (Phi) is 5.16. The maximum atomic E-state index is 11.5. The SMILES string of the molecule is Cc1c(/C=C/c2cccc(Oc3ccc(Cl)cc3)c2)n[nH]c(=O)c1C#N. The molecule has 0 saturated carbocycles. The van der Waals surface area contributed by atoms with E-state index < -0.39 is 5.56 Å². The number of benzene rings is 2. The molecule has 0 atom stereocenters. The van der Waals surface area contributed by atoms with E-state index in [2.05, 4.69) is 10.2 Å². The maximum Gasteiger partial charge on any atom is 0.282 e. The molecule has 0 amide bonds. The van der Waals surface area contributed by atoms with Crippen molar-refractivity contribution in [2.24, 2.45) is 0 Å². The molecule has 0 aliphatic heterocycles. The number of ether oxygens (including phenoxy) is 1. The number of nitrogens with one attached hydrogen (secondary N) is 1. The fourth-order valence-electron chi connectivity index (χ4n) is 2.34. The Morgan fingerprint density at radius 1 is 1.15 bits per heavy atom. The second kappa shape index (κ2) is 7.68. The zero-order chi connectivity index (χ0) is 18.5. The van der Waals surface area contributed by atoms with Crippen LogP contribution in [0.4, 0.5) is 0 Å². The van der Waals surface area contributed by atoms with Gasteiger partial charge in [0.05, 0.1) is 5.69 Å². The van der Waals surface area contributed by atoms with Gasteiger partial charge in [-0.2, -0.15) is 10.4 Å². The van der Waals surface area contributed by atoms with Crippen LogP contribution in [0.5, 0.6) is 11.5 Å². The lowest BCUT2D eigenvalue weighted by Crippen LogP contribution is -2.15. The summed E-state index contributed by atoms with van der Waals surface area (Å²) in [5, 5.41) is 16.0. The van der Waals surface area contributed by atoms with Gasteiger partial charge in [0, 0.05) is 5.02 Å². The molecular weight excluding hydrogens is 350 g/mol. The van der Waals surface area contributed by atoms with Crippen molar-refractivity contribution in [1.29, 1.82) is 5.26 Å². The van der Waals surface area contributed by atoms with E-state index in [0.29, 0.717) is 27.8 Å². The van der Waals surface area contributed by atoms with E-state index in [-0.39, 0.29) is 5.56 Å². The molecule has 0 aliphatic rings. The first-order valence-corrected chi connectivity index (χ1v) is 8.15. The maximum absolute atomic E-state index is 11.5. The van der Waals surface area contributed by atoms with Gasteiger partial charge in [-0.05, 0) is 60.5 Å². The summed E-state index contributed by atoms with van der Waals surface area (Å²) in [4.78, 5) is 11.5. The first-order chi connectivity index (χ1) is 12.6. The minimum absolute atomic E-state index is 0.0690. The van der Waals surface area contributed by atoms with E-state index in [1.165, 1.54) is 0 Å². The summed E-state index contributed by atoms with van der Waals surface area (Å²) < 4.78 is 5.80. The Hall–Kier alpha value is -3.36. The van der Waals surface area contributed by atoms with E-state index in [1.54, 1.807) is 37.3 Å². The van der Waals surface area contributed by atoms with Crippen LogP contribution in [0.1, 0.15) is 22.4 Å². The Morgan fingerprint density at radius 2 is 1.92 bits per heavy atom. The van der Waals surface area contributed by atoms with Gasteiger partial charge in [-0.3, -0.25) is 4.79 Å². The van der Waals surface area contributed by atoms with Gasteiger partial charge >= 0.3 is 0 Å². The molecule has 1 aromatic heterocycles. The Balaban J connectivity index is 1.83. The molecule has 0 bridgehead atoms. The second-order valence-corrected chi connectivity index (χ2v) is 5.95. The summed E-state index contributed by atoms with van der Waals surface area (Å²) in [5.74, 6) is 1.37. The highest BCUT2D eigenvalue weighted by Gasteiger charge is 2.07. The number of aromatic amines is 1. The molecule has 3 rings (SSSR count). The monoisotopic (exact) mass is 363 g/mol. The van der Waals surface area contributed by atoms with Crippen LogP contribution in [0.3, 0.4) is 0 Å². The zero-order valence-electron chi connectivity index (χ0n) is 13.9. The molecule has 26 heavy (non-hydrogen) atoms. The molecule has 0 spiro atoms. The average Bonchev–Trinajstić information content (AvgIpc) is 2.64. The number of aromatic nitrogens is 2. The fraction of sp³-hybridized carbons (Fsp3) is 0.0500. The van der Waals surface area contributed by atoms with Gasteiger partial charge in [0.25, 0.3) is 5.56 Å². The third-order valence-electron chi connectivity index (χ3n) is 3.72. The first-order valence-electron chi connectivity index (χ1n) is 7.78. The predicted octanol–water partition coefficient (Wildman–Crippen LogP) is 4.57. The van der Waals surface area contributed by atoms with Gasteiger partial charge in [-0.1, -0.05) is 29.8 Å². The molecule has 0 saturated heterocycles. The number of nitriles is 1. The molecule has 0 unspecified atom stereocenters. The summed E-state index contributed by atoms with van der Waals surface area (Å²) in [7, 11) is 0. The highest BCUT2D eigenvalue weighted by Crippen LogP contribution is 2.24. The van der Waals surface area contributed by atoms with Crippen molar-refractivity contribution in [3.63, 3.8) is 0 Å². The van der Waals surface area contributed by atoms with Crippen molar-refractivity contribution in [3.8, 4) is 17.6 Å². The van der Waals surface area contributed by atoms with Crippen LogP contribution < -0.4 is 10.3 Å². The molecule has 5 nitrogen and oxygen atoms in total. The summed E-state index contributed by atoms with van der Waals surface area (Å²) in [6.07, 6.45) is 3.58. The number of halogens is 1. The number of rotatable bonds is 4. The van der Waals surface area contributed by atoms with E-state index in [0.717, 1.165) is 5.56 Å². The van der Waals surface area contributed by atoms with Crippen molar-refractivity contribution in [1.82, 2.24) is 10.2 Å². The topological polar surface area (TPSA) is 78.8 Å². The number of hydrogen-bond acceptors (Lipinski definition) is 4. The van der Waals surface area contributed by atoms with E-state index in [1.807, 2.05) is 36.4 Å². The largest absolute Gasteiger partial charge is 0.457 e. The van der Waals surface area contributed by atoms with Crippen molar-refractivity contribution >= 4 is 23.8 Å². The average molecular weight is 364 g/mol. The van der Waals surface area contributed by atoms with E-state index in [4.69, 9.17) is 21.6 Å². The highest BCUT2D eigenvalue weighted by molar-refractivity contribution is 6.30. The predicted molar refractivity (Wildman–Crippen MR) is 101 cm³/mol. The highest BCUT2D eigenvalue weighted by atomic mass is 35.5. The molecule has 0 fully saturated rings. The lowest BCUT2D eigenvalue weighted by molar-refractivity contribution is 0.482. The third-order valence-corrected chi connectivity index (χ3v) is 3.97. The van der Waals surface area contributed by atoms with Gasteiger partial charge < -0.3 is 4.74 Å². The summed E-state index contributed by atoms with van der Waals surface area (Å²) >= 11 is 5.87. The van der Waals surface area contributed by atoms with Crippen LogP contribution in [0.2, 0.25) is 5.02 Å². The van der Waals surface area contributed by atoms with Crippen molar-refractivity contribution in [2.75, 3.05) is 0 Å². The molecule has 6 heteroatoms. The van der Waals surface area contributed by atoms with Crippen LogP contribution in [0, 0.1) is 18.3 Å². The van der Waals surface area contributed by atoms with Gasteiger partial charge in [0.1, 0.15) is 23.1 Å². The number of nitrogens with zero attached hydrogens (tertiary/aromatic N) is 2. The van der Waals surface area contributed by atoms with E-state index >= 15 is 0 Å². The standard InChI is InChI=1S/C20H14ClN3O2/c1-13-18(12-22)20(25)24-23-19(13)10-5-14-3-2-4-17(11-14)26-16-8-6-15(21)7-9-16/h2-11H,1H3,(H,24,25)/b10-5+. The Labute approximate surface area is 155 Å². The number of hydrogen-bond donors (Lipinski definition) is 1.